The number of para-hydroxylation sites is 2. The van der Waals surface area contributed by atoms with Gasteiger partial charge in [-0.15, -0.1) is 48.1 Å². The van der Waals surface area contributed by atoms with E-state index in [2.05, 4.69) is 257 Å². The van der Waals surface area contributed by atoms with Crippen LogP contribution in [0.25, 0.3) is 49.9 Å². The van der Waals surface area contributed by atoms with Gasteiger partial charge >= 0.3 is 0 Å². The Labute approximate surface area is 442 Å². The number of nitrogens with zero attached hydrogens (tertiary/aromatic N) is 4. The van der Waals surface area contributed by atoms with Crippen molar-refractivity contribution in [3.8, 4) is 39.6 Å². The fourth-order valence-corrected chi connectivity index (χ4v) is 10.6. The minimum atomic E-state index is -0.106. The molecular weight excluding hydrogens is 1060 g/mol. The van der Waals surface area contributed by atoms with Gasteiger partial charge in [0.15, 0.2) is 6.71 Å². The molecule has 9 aromatic rings. The molecule has 0 bridgehead atoms. The zero-order valence-electron chi connectivity index (χ0n) is 44.0. The predicted molar refractivity (Wildman–Crippen MR) is 301 cm³/mol. The third-order valence-corrected chi connectivity index (χ3v) is 14.8. The maximum Gasteiger partial charge on any atom is 0.180 e. The van der Waals surface area contributed by atoms with E-state index in [0.717, 1.165) is 39.6 Å². The fraction of sp³-hybridized carbons (Fsp3) is 0.262. The van der Waals surface area contributed by atoms with E-state index in [0.29, 0.717) is 11.5 Å². The molecule has 0 atom stereocenters. The summed E-state index contributed by atoms with van der Waals surface area (Å²) in [6.07, 6.45) is 1.93. The van der Waals surface area contributed by atoms with Gasteiger partial charge in [-0.2, -0.15) is 11.5 Å². The van der Waals surface area contributed by atoms with E-state index in [9.17, 15) is 0 Å². The molecule has 7 aromatic carbocycles. The number of rotatable bonds is 7. The van der Waals surface area contributed by atoms with E-state index >= 15 is 0 Å². The Balaban J connectivity index is 0.00000596. The number of fused-ring (bicyclic) bond motifs is 1. The maximum absolute atomic E-state index is 6.90. The summed E-state index contributed by atoms with van der Waals surface area (Å²) in [5.41, 5.74) is 18.5. The van der Waals surface area contributed by atoms with E-state index in [1.165, 1.54) is 66.2 Å². The molecule has 5 nitrogen and oxygen atoms in total. The SMILES string of the molecule is CB1c2cc(Oc3[c-]c(N4[CH-]N(c5c(-c6ccccc6)cc(C(C)(C)C)cc5-c5cc(C(C)(C)C)cc(C(C)(C)C)c5)c5ccccc54)ccc3)[c-]c3c2c2c1cccc2n3-c1cc(C(C)(C)C)ccn1.[Pt]. The van der Waals surface area contributed by atoms with E-state index in [1.54, 1.807) is 0 Å². The zero-order chi connectivity index (χ0) is 49.9. The van der Waals surface area contributed by atoms with Crippen LogP contribution in [0.15, 0.2) is 146 Å². The van der Waals surface area contributed by atoms with Crippen molar-refractivity contribution in [1.29, 1.82) is 0 Å². The molecule has 0 radical (unpaired) electrons. The van der Waals surface area contributed by atoms with E-state index in [-0.39, 0.29) is 49.4 Å². The first kappa shape index (κ1) is 49.2. The van der Waals surface area contributed by atoms with Crippen molar-refractivity contribution in [3.05, 3.63) is 187 Å². The molecule has 0 N–H and O–H groups in total. The Bertz CT molecular complexity index is 3530. The molecule has 4 heterocycles. The van der Waals surface area contributed by atoms with Gasteiger partial charge in [-0.25, -0.2) is 4.98 Å². The van der Waals surface area contributed by atoms with Gasteiger partial charge in [0.1, 0.15) is 5.82 Å². The summed E-state index contributed by atoms with van der Waals surface area (Å²) in [5.74, 6) is 2.15. The molecule has 0 unspecified atom stereocenters. The van der Waals surface area contributed by atoms with E-state index < -0.39 is 0 Å². The van der Waals surface area contributed by atoms with Gasteiger partial charge in [-0.1, -0.05) is 179 Å². The number of anilines is 4. The summed E-state index contributed by atoms with van der Waals surface area (Å²) in [6, 6.07) is 58.6. The molecule has 0 aliphatic carbocycles. The Hall–Kier alpha value is -6.36. The van der Waals surface area contributed by atoms with Crippen LogP contribution in [0.5, 0.6) is 11.5 Å². The topological polar surface area (TPSA) is 33.5 Å². The van der Waals surface area contributed by atoms with Gasteiger partial charge in [-0.3, -0.25) is 0 Å². The third kappa shape index (κ3) is 8.58. The summed E-state index contributed by atoms with van der Waals surface area (Å²) >= 11 is 0. The summed E-state index contributed by atoms with van der Waals surface area (Å²) < 4.78 is 9.17. The third-order valence-electron chi connectivity index (χ3n) is 14.8. The number of hydrogen-bond donors (Lipinski definition) is 0. The second kappa shape index (κ2) is 17.7. The zero-order valence-corrected chi connectivity index (χ0v) is 46.3. The van der Waals surface area contributed by atoms with Gasteiger partial charge in [-0.05, 0) is 97.5 Å². The summed E-state index contributed by atoms with van der Waals surface area (Å²) in [7, 11) is 0. The van der Waals surface area contributed by atoms with Crippen molar-refractivity contribution in [3.63, 3.8) is 0 Å². The number of pyridine rings is 1. The standard InChI is InChI=1S/C65H64BN4O.Pt/c1-62(2,3)43-29-30-67-58(36-43)70-56-28-20-25-52-59(56)60-53(66(52)13)38-49(39-57(60)70)71-48-24-19-23-47(37-48)68-40-69(55-27-18-17-26-54(55)68)61-50(41-21-15-14-16-22-41)34-46(65(10,11)12)35-51(61)42-31-44(63(4,5)6)33-45(32-42)64(7,8)9;/h14-36,38,40H,1-13H3;/q-3;. The van der Waals surface area contributed by atoms with Crippen LogP contribution in [-0.2, 0) is 42.7 Å². The monoisotopic (exact) mass is 1120 g/mol. The summed E-state index contributed by atoms with van der Waals surface area (Å²) in [4.78, 5) is 9.61. The van der Waals surface area contributed by atoms with Crippen LogP contribution in [0.1, 0.15) is 105 Å². The Morgan fingerprint density at radius 3 is 1.76 bits per heavy atom. The fourth-order valence-electron chi connectivity index (χ4n) is 10.6. The van der Waals surface area contributed by atoms with Crippen molar-refractivity contribution in [1.82, 2.24) is 9.55 Å². The number of aromatic nitrogens is 2. The first-order valence-electron chi connectivity index (χ1n) is 25.3. The van der Waals surface area contributed by atoms with Crippen molar-refractivity contribution < 1.29 is 25.8 Å². The molecule has 2 aliphatic heterocycles. The Kier molecular flexibility index (Phi) is 12.1. The Morgan fingerprint density at radius 1 is 0.514 bits per heavy atom. The van der Waals surface area contributed by atoms with Crippen LogP contribution in [0, 0.1) is 18.8 Å². The number of benzene rings is 7. The summed E-state index contributed by atoms with van der Waals surface area (Å²) in [5, 5.41) is 2.50. The van der Waals surface area contributed by atoms with Crippen LogP contribution < -0.4 is 25.5 Å². The van der Waals surface area contributed by atoms with Crippen molar-refractivity contribution in [2.24, 2.45) is 0 Å². The van der Waals surface area contributed by atoms with Crippen LogP contribution >= 0.6 is 0 Å². The minimum absolute atomic E-state index is 0. The second-order valence-corrected chi connectivity index (χ2v) is 23.9. The van der Waals surface area contributed by atoms with Gasteiger partial charge in [0.2, 0.25) is 0 Å². The smallest absolute Gasteiger partial charge is 0.180 e. The molecule has 2 aliphatic rings. The van der Waals surface area contributed by atoms with Gasteiger partial charge in [0, 0.05) is 72.5 Å². The van der Waals surface area contributed by atoms with Gasteiger partial charge in [0.05, 0.1) is 0 Å². The maximum atomic E-state index is 6.90. The predicted octanol–water partition coefficient (Wildman–Crippen LogP) is 16.1. The first-order valence-corrected chi connectivity index (χ1v) is 25.3. The minimum Gasteiger partial charge on any atom is -0.509 e. The van der Waals surface area contributed by atoms with Crippen LogP contribution in [0.4, 0.5) is 22.7 Å². The Morgan fingerprint density at radius 2 is 1.11 bits per heavy atom. The molecular formula is C65H64BN4OPt-3. The van der Waals surface area contributed by atoms with Gasteiger partial charge in [0.25, 0.3) is 0 Å². The van der Waals surface area contributed by atoms with Crippen LogP contribution in [0.2, 0.25) is 6.82 Å². The average molecular weight is 1120 g/mol. The van der Waals surface area contributed by atoms with Gasteiger partial charge < -0.3 is 19.1 Å². The number of hydrogen-bond acceptors (Lipinski definition) is 4. The normalized spacial score (nSPS) is 13.7. The van der Waals surface area contributed by atoms with Crippen molar-refractivity contribution in [2.75, 3.05) is 9.80 Å². The van der Waals surface area contributed by atoms with Crippen molar-refractivity contribution in [2.45, 2.75) is 112 Å². The average Bonchev–Trinajstić information content (AvgIpc) is 3.98. The van der Waals surface area contributed by atoms with E-state index in [1.807, 2.05) is 12.3 Å². The molecule has 0 fully saturated rings. The van der Waals surface area contributed by atoms with E-state index in [4.69, 9.17) is 9.72 Å². The molecule has 11 rings (SSSR count). The molecule has 0 amide bonds. The molecule has 0 saturated heterocycles. The molecule has 0 spiro atoms. The molecule has 2 aromatic heterocycles. The molecule has 72 heavy (non-hydrogen) atoms. The largest absolute Gasteiger partial charge is 0.509 e. The number of ether oxygens (including phenoxy) is 1. The molecule has 0 saturated carbocycles. The molecule has 366 valence electrons. The first-order chi connectivity index (χ1) is 33.6. The second-order valence-electron chi connectivity index (χ2n) is 23.9. The molecule has 7 heteroatoms. The summed E-state index contributed by atoms with van der Waals surface area (Å²) in [6.45, 7) is 32.4. The van der Waals surface area contributed by atoms with Crippen molar-refractivity contribution >= 4 is 62.2 Å². The van der Waals surface area contributed by atoms with Crippen LogP contribution in [-0.4, -0.2) is 16.3 Å². The quantitative estimate of drug-likeness (QED) is 0.118. The van der Waals surface area contributed by atoms with Crippen LogP contribution in [0.3, 0.4) is 0 Å².